The molecule has 0 saturated carbocycles. The number of rotatable bonds is 5. The molecule has 5 rings (SSSR count). The molecule has 11 heteroatoms. The third-order valence-corrected chi connectivity index (χ3v) is 6.36. The van der Waals surface area contributed by atoms with Crippen LogP contribution in [0.5, 0.6) is 11.5 Å². The minimum absolute atomic E-state index is 0. The number of carbonyl (C=O) groups excluding carboxylic acids is 2. The van der Waals surface area contributed by atoms with Crippen LogP contribution in [-0.2, 0) is 19.9 Å². The van der Waals surface area contributed by atoms with E-state index in [1.807, 2.05) is 0 Å². The van der Waals surface area contributed by atoms with Gasteiger partial charge in [-0.3, -0.25) is 0 Å². The maximum atomic E-state index is 12.8. The van der Waals surface area contributed by atoms with E-state index in [0.717, 1.165) is 0 Å². The number of aliphatic hydroxyl groups excluding tert-OH is 3. The standard InChI is InChI=1S/C26H22O10.Na/c27-15-9-5-13(6-10-15)26(18-4-2-1-3-17(18)24(33)36-26)14-7-11-16(12-8-14)34-25-21(30)19(28)20(29)22(35-25)23(31)32;/h1-12,19-22,25,27-30H,(H,31,32);/q;+1/p-1/t19-,20-,21+,22?,25?,26?;/m1./s1. The van der Waals surface area contributed by atoms with E-state index in [1.54, 1.807) is 48.5 Å². The molecule has 0 spiro atoms. The Morgan fingerprint density at radius 2 is 1.46 bits per heavy atom. The van der Waals surface area contributed by atoms with Crippen LogP contribution in [0.4, 0.5) is 0 Å². The number of benzene rings is 3. The fourth-order valence-electron chi connectivity index (χ4n) is 4.55. The smallest absolute Gasteiger partial charge is 0.547 e. The van der Waals surface area contributed by atoms with Crippen molar-refractivity contribution in [3.8, 4) is 11.5 Å². The number of carboxylic acids is 1. The molecule has 0 bridgehead atoms. The van der Waals surface area contributed by atoms with E-state index in [2.05, 4.69) is 0 Å². The van der Waals surface area contributed by atoms with Crippen LogP contribution in [0.15, 0.2) is 72.8 Å². The SMILES string of the molecule is O=C1OC(c2ccc(O)cc2)(c2ccc(OC3OC(C(=O)[O-])[C@H](O)[C@@H](O)[C@@H]3O)cc2)c2ccccc21.[Na+]. The van der Waals surface area contributed by atoms with Gasteiger partial charge in [-0.1, -0.05) is 42.5 Å². The normalized spacial score (nSPS) is 28.5. The summed E-state index contributed by atoms with van der Waals surface area (Å²) < 4.78 is 16.6. The number of carbonyl (C=O) groups is 2. The zero-order valence-corrected chi connectivity index (χ0v) is 21.6. The predicted molar refractivity (Wildman–Crippen MR) is 119 cm³/mol. The first kappa shape index (κ1) is 27.1. The molecule has 3 aromatic carbocycles. The summed E-state index contributed by atoms with van der Waals surface area (Å²) in [4.78, 5) is 24.0. The van der Waals surface area contributed by atoms with Gasteiger partial charge in [0, 0.05) is 16.7 Å². The summed E-state index contributed by atoms with van der Waals surface area (Å²) in [6.45, 7) is 0. The van der Waals surface area contributed by atoms with Gasteiger partial charge in [0.15, 0.2) is 5.60 Å². The van der Waals surface area contributed by atoms with E-state index >= 15 is 0 Å². The number of fused-ring (bicyclic) bond motifs is 1. The molecule has 6 atom stereocenters. The number of ether oxygens (including phenoxy) is 3. The molecule has 2 heterocycles. The van der Waals surface area contributed by atoms with E-state index in [-0.39, 0.29) is 41.1 Å². The second-order valence-corrected chi connectivity index (χ2v) is 8.52. The first-order valence-electron chi connectivity index (χ1n) is 11.0. The van der Waals surface area contributed by atoms with Gasteiger partial charge in [-0.25, -0.2) is 4.79 Å². The van der Waals surface area contributed by atoms with Gasteiger partial charge in [0.25, 0.3) is 0 Å². The van der Waals surface area contributed by atoms with E-state index < -0.39 is 48.2 Å². The van der Waals surface area contributed by atoms with Crippen LogP contribution in [0.25, 0.3) is 0 Å². The minimum Gasteiger partial charge on any atom is -0.547 e. The number of carboxylic acid groups (broad SMARTS) is 1. The molecule has 0 aromatic heterocycles. The van der Waals surface area contributed by atoms with Gasteiger partial charge < -0.3 is 44.5 Å². The number of aliphatic carboxylic acids is 1. The number of aromatic hydroxyl groups is 1. The van der Waals surface area contributed by atoms with Crippen molar-refractivity contribution in [3.05, 3.63) is 95.1 Å². The molecule has 186 valence electrons. The molecule has 2 aliphatic rings. The van der Waals surface area contributed by atoms with Crippen molar-refractivity contribution in [2.45, 2.75) is 36.3 Å². The van der Waals surface area contributed by atoms with Crippen LogP contribution < -0.4 is 39.4 Å². The largest absolute Gasteiger partial charge is 1.00 e. The van der Waals surface area contributed by atoms with E-state index in [4.69, 9.17) is 14.2 Å². The van der Waals surface area contributed by atoms with Crippen LogP contribution in [0.1, 0.15) is 27.0 Å². The number of esters is 1. The van der Waals surface area contributed by atoms with Crippen LogP contribution in [0.3, 0.4) is 0 Å². The maximum absolute atomic E-state index is 12.8. The Balaban J connectivity index is 0.00000320. The van der Waals surface area contributed by atoms with Crippen molar-refractivity contribution in [1.29, 1.82) is 0 Å². The molecule has 1 saturated heterocycles. The molecule has 0 radical (unpaired) electrons. The van der Waals surface area contributed by atoms with E-state index in [1.165, 1.54) is 24.3 Å². The van der Waals surface area contributed by atoms with Crippen LogP contribution in [0.2, 0.25) is 0 Å². The molecule has 4 N–H and O–H groups in total. The molecule has 0 amide bonds. The molecule has 1 fully saturated rings. The van der Waals surface area contributed by atoms with Crippen molar-refractivity contribution in [2.75, 3.05) is 0 Å². The summed E-state index contributed by atoms with van der Waals surface area (Å²) in [5, 5.41) is 51.0. The first-order chi connectivity index (χ1) is 17.2. The predicted octanol–water partition coefficient (Wildman–Crippen LogP) is -3.21. The average molecular weight is 516 g/mol. The number of cyclic esters (lactones) is 1. The number of hydrogen-bond donors (Lipinski definition) is 4. The number of phenolic OH excluding ortho intramolecular Hbond substituents is 1. The monoisotopic (exact) mass is 516 g/mol. The van der Waals surface area contributed by atoms with Gasteiger partial charge in [0.2, 0.25) is 6.29 Å². The van der Waals surface area contributed by atoms with Crippen molar-refractivity contribution < 1.29 is 78.9 Å². The summed E-state index contributed by atoms with van der Waals surface area (Å²) >= 11 is 0. The van der Waals surface area contributed by atoms with Gasteiger partial charge in [-0.15, -0.1) is 0 Å². The van der Waals surface area contributed by atoms with E-state index in [9.17, 15) is 35.1 Å². The van der Waals surface area contributed by atoms with Gasteiger partial charge in [0.1, 0.15) is 35.9 Å². The van der Waals surface area contributed by atoms with Crippen LogP contribution in [0, 0.1) is 0 Å². The number of phenols is 1. The molecule has 3 aromatic rings. The Labute approximate surface area is 233 Å². The van der Waals surface area contributed by atoms with Gasteiger partial charge in [-0.05, 0) is 30.3 Å². The Hall–Kier alpha value is -2.96. The molecule has 2 aliphatic heterocycles. The summed E-state index contributed by atoms with van der Waals surface area (Å²) in [5.41, 5.74) is 0.820. The Morgan fingerprint density at radius 1 is 0.865 bits per heavy atom. The van der Waals surface area contributed by atoms with Gasteiger partial charge >= 0.3 is 35.5 Å². The van der Waals surface area contributed by atoms with Crippen molar-refractivity contribution in [3.63, 3.8) is 0 Å². The Morgan fingerprint density at radius 3 is 2.08 bits per heavy atom. The quantitative estimate of drug-likeness (QED) is 0.200. The summed E-state index contributed by atoms with van der Waals surface area (Å²) in [5.74, 6) is -2.10. The first-order valence-corrected chi connectivity index (χ1v) is 11.0. The van der Waals surface area contributed by atoms with Gasteiger partial charge in [0.05, 0.1) is 11.5 Å². The minimum atomic E-state index is -1.90. The van der Waals surface area contributed by atoms with Crippen molar-refractivity contribution >= 4 is 11.9 Å². The van der Waals surface area contributed by atoms with Gasteiger partial charge in [-0.2, -0.15) is 0 Å². The number of hydrogen-bond acceptors (Lipinski definition) is 10. The van der Waals surface area contributed by atoms with Crippen LogP contribution >= 0.6 is 0 Å². The fourth-order valence-corrected chi connectivity index (χ4v) is 4.55. The van der Waals surface area contributed by atoms with E-state index in [0.29, 0.717) is 22.3 Å². The summed E-state index contributed by atoms with van der Waals surface area (Å²) in [6, 6.07) is 19.4. The average Bonchev–Trinajstić information content (AvgIpc) is 3.18. The zero-order chi connectivity index (χ0) is 25.6. The third-order valence-electron chi connectivity index (χ3n) is 6.36. The van der Waals surface area contributed by atoms with Crippen molar-refractivity contribution in [1.82, 2.24) is 0 Å². The second-order valence-electron chi connectivity index (χ2n) is 8.52. The topological polar surface area (TPSA) is 166 Å². The molecule has 3 unspecified atom stereocenters. The molecular formula is C26H21NaO10. The number of aliphatic hydroxyl groups is 3. The summed E-state index contributed by atoms with van der Waals surface area (Å²) in [6.07, 6.45) is -8.97. The zero-order valence-electron chi connectivity index (χ0n) is 19.6. The molecule has 0 aliphatic carbocycles. The second kappa shape index (κ2) is 10.4. The fraction of sp³-hybridized carbons (Fsp3) is 0.231. The molecule has 37 heavy (non-hydrogen) atoms. The maximum Gasteiger partial charge on any atom is 1.00 e. The molecule has 10 nitrogen and oxygen atoms in total. The van der Waals surface area contributed by atoms with Crippen molar-refractivity contribution in [2.24, 2.45) is 0 Å². The Bertz CT molecular complexity index is 1300. The third kappa shape index (κ3) is 4.62. The Kier molecular flexibility index (Phi) is 7.63. The molecular weight excluding hydrogens is 495 g/mol. The van der Waals surface area contributed by atoms with Crippen LogP contribution in [-0.4, -0.2) is 63.1 Å². The summed E-state index contributed by atoms with van der Waals surface area (Å²) in [7, 11) is 0.